The first-order chi connectivity index (χ1) is 7.56. The minimum absolute atomic E-state index is 0.138. The van der Waals surface area contributed by atoms with Crippen LogP contribution in [0.25, 0.3) is 0 Å². The maximum Gasteiger partial charge on any atom is 0.286 e. The summed E-state index contributed by atoms with van der Waals surface area (Å²) in [5.41, 5.74) is 0.127. The van der Waals surface area contributed by atoms with Gasteiger partial charge >= 0.3 is 0 Å². The maximum absolute atomic E-state index is 10.7. The van der Waals surface area contributed by atoms with Crippen molar-refractivity contribution in [2.45, 2.75) is 6.42 Å². The zero-order valence-electron chi connectivity index (χ0n) is 8.04. The number of nitro groups is 1. The summed E-state index contributed by atoms with van der Waals surface area (Å²) in [5, 5.41) is 11.1. The van der Waals surface area contributed by atoms with E-state index in [9.17, 15) is 10.1 Å². The molecule has 0 unspecified atom stereocenters. The van der Waals surface area contributed by atoms with Crippen molar-refractivity contribution in [1.82, 2.24) is 0 Å². The van der Waals surface area contributed by atoms with E-state index in [0.717, 1.165) is 0 Å². The summed E-state index contributed by atoms with van der Waals surface area (Å²) in [4.78, 5) is 10.2. The van der Waals surface area contributed by atoms with Gasteiger partial charge in [-0.05, 0) is 6.07 Å². The Labute approximate surface area is 108 Å². The molecule has 1 aromatic rings. The van der Waals surface area contributed by atoms with E-state index in [2.05, 4.69) is 24.5 Å². The van der Waals surface area contributed by atoms with Crippen LogP contribution in [0.5, 0.6) is 0 Å². The molecule has 0 saturated heterocycles. The van der Waals surface area contributed by atoms with Crippen LogP contribution >= 0.6 is 35.8 Å². The van der Waals surface area contributed by atoms with Gasteiger partial charge in [-0.15, -0.1) is 0 Å². The van der Waals surface area contributed by atoms with Gasteiger partial charge in [0, 0.05) is 18.2 Å². The molecule has 84 valence electrons. The Bertz CT molecular complexity index is 480. The molecule has 0 radical (unpaired) electrons. The zero-order valence-corrected chi connectivity index (χ0v) is 10.4. The predicted molar refractivity (Wildman–Crippen MR) is 68.5 cm³/mol. The number of halogens is 2. The third-order valence-corrected chi connectivity index (χ3v) is 2.64. The van der Waals surface area contributed by atoms with E-state index < -0.39 is 4.92 Å². The smallest absolute Gasteiger partial charge is 0.258 e. The van der Waals surface area contributed by atoms with Crippen LogP contribution in [0.4, 0.5) is 5.69 Å². The van der Waals surface area contributed by atoms with Crippen LogP contribution in [0.1, 0.15) is 12.0 Å². The topological polar surface area (TPSA) is 43.1 Å². The van der Waals surface area contributed by atoms with Gasteiger partial charge in [0.25, 0.3) is 5.69 Å². The second kappa shape index (κ2) is 6.00. The summed E-state index contributed by atoms with van der Waals surface area (Å²) in [6.07, 6.45) is 0.556. The molecular formula is C10H7Cl2NO2S. The van der Waals surface area contributed by atoms with Crippen molar-refractivity contribution in [2.75, 3.05) is 5.75 Å². The summed E-state index contributed by atoms with van der Waals surface area (Å²) in [6, 6.07) is 2.60. The fourth-order valence-electron chi connectivity index (χ4n) is 1.00. The highest BCUT2D eigenvalue weighted by molar-refractivity contribution is 7.80. The lowest BCUT2D eigenvalue weighted by Crippen LogP contribution is -1.92. The number of hydrogen-bond acceptors (Lipinski definition) is 3. The van der Waals surface area contributed by atoms with E-state index in [-0.39, 0.29) is 21.3 Å². The normalized spacial score (nSPS) is 9.44. The molecule has 16 heavy (non-hydrogen) atoms. The van der Waals surface area contributed by atoms with Gasteiger partial charge in [-0.25, -0.2) is 0 Å². The molecule has 1 rings (SSSR count). The molecule has 0 aromatic heterocycles. The molecule has 0 aliphatic heterocycles. The van der Waals surface area contributed by atoms with Crippen molar-refractivity contribution >= 4 is 41.5 Å². The SMILES string of the molecule is O=[N+]([O-])c1cc(Cl)c(Cl)cc1C#CCCS. The first-order valence-corrected chi connectivity index (χ1v) is 5.68. The number of nitro benzene ring substituents is 1. The van der Waals surface area contributed by atoms with E-state index in [1.807, 2.05) is 0 Å². The molecule has 0 bridgehead atoms. The molecule has 1 aromatic carbocycles. The van der Waals surface area contributed by atoms with Crippen LogP contribution in [0.2, 0.25) is 10.0 Å². The Morgan fingerprint density at radius 3 is 2.56 bits per heavy atom. The van der Waals surface area contributed by atoms with Crippen molar-refractivity contribution < 1.29 is 4.92 Å². The molecule has 6 heteroatoms. The summed E-state index contributed by atoms with van der Waals surface area (Å²) < 4.78 is 0. The minimum Gasteiger partial charge on any atom is -0.258 e. The van der Waals surface area contributed by atoms with Gasteiger partial charge in [-0.2, -0.15) is 12.6 Å². The zero-order chi connectivity index (χ0) is 12.1. The number of benzene rings is 1. The molecule has 0 aliphatic carbocycles. The summed E-state index contributed by atoms with van der Waals surface area (Å²) >= 11 is 15.4. The van der Waals surface area contributed by atoms with Gasteiger partial charge in [-0.1, -0.05) is 35.0 Å². The lowest BCUT2D eigenvalue weighted by atomic mass is 10.2. The molecule has 0 fully saturated rings. The Morgan fingerprint density at radius 1 is 1.38 bits per heavy atom. The highest BCUT2D eigenvalue weighted by atomic mass is 35.5. The Morgan fingerprint density at radius 2 is 2.00 bits per heavy atom. The van der Waals surface area contributed by atoms with Gasteiger partial charge in [0.05, 0.1) is 15.0 Å². The van der Waals surface area contributed by atoms with Crippen molar-refractivity contribution in [3.8, 4) is 11.8 Å². The average molecular weight is 276 g/mol. The first-order valence-electron chi connectivity index (χ1n) is 4.29. The van der Waals surface area contributed by atoms with Crippen molar-refractivity contribution in [3.05, 3.63) is 37.9 Å². The molecule has 0 N–H and O–H groups in total. The fourth-order valence-corrected chi connectivity index (χ4v) is 1.43. The second-order valence-corrected chi connectivity index (χ2v) is 4.08. The monoisotopic (exact) mass is 275 g/mol. The van der Waals surface area contributed by atoms with Crippen LogP contribution < -0.4 is 0 Å². The molecule has 0 aliphatic rings. The number of thiol groups is 1. The van der Waals surface area contributed by atoms with Crippen LogP contribution in [0.15, 0.2) is 12.1 Å². The highest BCUT2D eigenvalue weighted by Crippen LogP contribution is 2.29. The third kappa shape index (κ3) is 3.31. The number of nitrogens with zero attached hydrogens (tertiary/aromatic N) is 1. The van der Waals surface area contributed by atoms with Crippen molar-refractivity contribution in [1.29, 1.82) is 0 Å². The summed E-state index contributed by atoms with van der Waals surface area (Å²) in [5.74, 6) is 6.04. The quantitative estimate of drug-likeness (QED) is 0.388. The molecule has 3 nitrogen and oxygen atoms in total. The molecular weight excluding hydrogens is 269 g/mol. The van der Waals surface area contributed by atoms with E-state index in [4.69, 9.17) is 23.2 Å². The van der Waals surface area contributed by atoms with Gasteiger partial charge in [0.15, 0.2) is 0 Å². The third-order valence-electron chi connectivity index (χ3n) is 1.70. The van der Waals surface area contributed by atoms with E-state index >= 15 is 0 Å². The number of rotatable bonds is 2. The van der Waals surface area contributed by atoms with Gasteiger partial charge in [0.1, 0.15) is 5.56 Å². The van der Waals surface area contributed by atoms with Gasteiger partial charge < -0.3 is 0 Å². The van der Waals surface area contributed by atoms with Crippen molar-refractivity contribution in [2.24, 2.45) is 0 Å². The fraction of sp³-hybridized carbons (Fsp3) is 0.200. The van der Waals surface area contributed by atoms with Gasteiger partial charge in [0.2, 0.25) is 0 Å². The molecule has 0 amide bonds. The Balaban J connectivity index is 3.21. The molecule has 0 saturated carbocycles. The predicted octanol–water partition coefficient (Wildman–Crippen LogP) is 3.57. The Kier molecular flexibility index (Phi) is 4.94. The van der Waals surface area contributed by atoms with Crippen LogP contribution in [-0.2, 0) is 0 Å². The number of hydrogen-bond donors (Lipinski definition) is 1. The highest BCUT2D eigenvalue weighted by Gasteiger charge is 2.15. The van der Waals surface area contributed by atoms with Crippen LogP contribution in [0, 0.1) is 22.0 Å². The largest absolute Gasteiger partial charge is 0.286 e. The second-order valence-electron chi connectivity index (χ2n) is 2.82. The standard InChI is InChI=1S/C10H7Cl2NO2S/c11-8-5-7(3-1-2-4-16)10(13(14)15)6-9(8)12/h5-6,16H,2,4H2. The minimum atomic E-state index is -0.535. The van der Waals surface area contributed by atoms with E-state index in [1.54, 1.807) is 0 Å². The van der Waals surface area contributed by atoms with E-state index in [1.165, 1.54) is 12.1 Å². The summed E-state index contributed by atoms with van der Waals surface area (Å²) in [7, 11) is 0. The van der Waals surface area contributed by atoms with Crippen LogP contribution in [-0.4, -0.2) is 10.7 Å². The average Bonchev–Trinajstić information content (AvgIpc) is 2.23. The Hall–Kier alpha value is -0.890. The van der Waals surface area contributed by atoms with Crippen LogP contribution in [0.3, 0.4) is 0 Å². The van der Waals surface area contributed by atoms with Crippen molar-refractivity contribution in [3.63, 3.8) is 0 Å². The first kappa shape index (κ1) is 13.2. The lowest BCUT2D eigenvalue weighted by molar-refractivity contribution is -0.385. The lowest BCUT2D eigenvalue weighted by Gasteiger charge is -1.98. The van der Waals surface area contributed by atoms with Gasteiger partial charge in [-0.3, -0.25) is 10.1 Å². The maximum atomic E-state index is 10.7. The molecule has 0 heterocycles. The summed E-state index contributed by atoms with van der Waals surface area (Å²) in [6.45, 7) is 0. The molecule has 0 spiro atoms. The molecule has 0 atom stereocenters. The van der Waals surface area contributed by atoms with E-state index in [0.29, 0.717) is 12.2 Å².